The molecule has 1 aromatic carbocycles. The maximum atomic E-state index is 12.9. The molecule has 0 radical (unpaired) electrons. The molecule has 0 bridgehead atoms. The number of aromatic nitrogens is 2. The van der Waals surface area contributed by atoms with Crippen LogP contribution in [0.2, 0.25) is 0 Å². The first kappa shape index (κ1) is 18.5. The van der Waals surface area contributed by atoms with Crippen LogP contribution in [0.1, 0.15) is 28.4 Å². The lowest BCUT2D eigenvalue weighted by Crippen LogP contribution is -2.31. The van der Waals surface area contributed by atoms with E-state index in [1.54, 1.807) is 11.1 Å². The summed E-state index contributed by atoms with van der Waals surface area (Å²) in [6.07, 6.45) is 2.47. The fraction of sp³-hybridized carbons (Fsp3) is 0.300. The van der Waals surface area contributed by atoms with Crippen molar-refractivity contribution in [3.8, 4) is 0 Å². The van der Waals surface area contributed by atoms with E-state index in [2.05, 4.69) is 10.3 Å². The summed E-state index contributed by atoms with van der Waals surface area (Å²) in [6.45, 7) is 1.34. The summed E-state index contributed by atoms with van der Waals surface area (Å²) in [5, 5.41) is 6.02. The van der Waals surface area contributed by atoms with Crippen molar-refractivity contribution in [1.82, 2.24) is 14.9 Å². The summed E-state index contributed by atoms with van der Waals surface area (Å²) in [5.74, 6) is -0.135. The van der Waals surface area contributed by atoms with Crippen LogP contribution in [-0.4, -0.2) is 53.5 Å². The zero-order chi connectivity index (χ0) is 19.5. The number of hydrogen-bond acceptors (Lipinski definition) is 6. The molecule has 1 aliphatic heterocycles. The molecule has 3 aromatic rings. The van der Waals surface area contributed by atoms with Gasteiger partial charge in [-0.25, -0.2) is 4.98 Å². The maximum absolute atomic E-state index is 12.9. The van der Waals surface area contributed by atoms with Crippen molar-refractivity contribution in [2.45, 2.75) is 12.3 Å². The highest BCUT2D eigenvalue weighted by Gasteiger charge is 2.29. The topological polar surface area (TPSA) is 84.4 Å². The van der Waals surface area contributed by atoms with E-state index in [1.165, 1.54) is 18.4 Å². The fourth-order valence-corrected chi connectivity index (χ4v) is 4.01. The number of thiazole rings is 1. The molecule has 144 valence electrons. The number of pyridine rings is 1. The van der Waals surface area contributed by atoms with E-state index in [9.17, 15) is 9.59 Å². The summed E-state index contributed by atoms with van der Waals surface area (Å²) in [6, 6.07) is 9.45. The van der Waals surface area contributed by atoms with Crippen molar-refractivity contribution >= 4 is 39.2 Å². The highest BCUT2D eigenvalue weighted by Crippen LogP contribution is 2.30. The van der Waals surface area contributed by atoms with Crippen molar-refractivity contribution in [2.24, 2.45) is 0 Å². The second-order valence-corrected chi connectivity index (χ2v) is 7.56. The number of ether oxygens (including phenoxy) is 1. The minimum Gasteiger partial charge on any atom is -0.375 e. The number of nitrogens with zero attached hydrogens (tertiary/aromatic N) is 3. The van der Waals surface area contributed by atoms with Gasteiger partial charge >= 0.3 is 0 Å². The Labute approximate surface area is 166 Å². The minimum atomic E-state index is -0.208. The van der Waals surface area contributed by atoms with Gasteiger partial charge in [-0.05, 0) is 18.6 Å². The second kappa shape index (κ2) is 8.04. The number of carbonyl (C=O) groups excluding carboxylic acids is 2. The van der Waals surface area contributed by atoms with Gasteiger partial charge in [0.2, 0.25) is 5.91 Å². The molecular formula is C20H20N4O3S. The lowest BCUT2D eigenvalue weighted by Gasteiger charge is -2.16. The highest BCUT2D eigenvalue weighted by molar-refractivity contribution is 7.13. The molecule has 7 nitrogen and oxygen atoms in total. The van der Waals surface area contributed by atoms with Gasteiger partial charge in [0.1, 0.15) is 6.61 Å². The van der Waals surface area contributed by atoms with Gasteiger partial charge in [-0.1, -0.05) is 18.2 Å². The SMILES string of the molecule is COCC(=O)N1CCC(c2cc(C(=O)Nc3nccs3)c3ccccc3n2)C1. The standard InChI is InChI=1S/C20H20N4O3S/c1-27-12-18(25)24-8-6-13(11-24)17-10-15(14-4-2-3-5-16(14)22-17)19(26)23-20-21-7-9-28-20/h2-5,7,9-10,13H,6,8,11-12H2,1H3,(H,21,23,26). The Morgan fingerprint density at radius 3 is 3.00 bits per heavy atom. The second-order valence-electron chi connectivity index (χ2n) is 6.66. The molecule has 1 atom stereocenters. The van der Waals surface area contributed by atoms with Crippen LogP contribution in [0.4, 0.5) is 5.13 Å². The maximum Gasteiger partial charge on any atom is 0.258 e. The molecule has 3 heterocycles. The van der Waals surface area contributed by atoms with Gasteiger partial charge < -0.3 is 9.64 Å². The molecule has 8 heteroatoms. The van der Waals surface area contributed by atoms with Crippen LogP contribution in [0, 0.1) is 0 Å². The predicted octanol–water partition coefficient (Wildman–Crippen LogP) is 2.91. The normalized spacial score (nSPS) is 16.5. The van der Waals surface area contributed by atoms with Crippen LogP contribution in [0.3, 0.4) is 0 Å². The van der Waals surface area contributed by atoms with E-state index in [0.717, 1.165) is 23.0 Å². The van der Waals surface area contributed by atoms with Crippen molar-refractivity contribution in [3.05, 3.63) is 53.2 Å². The Balaban J connectivity index is 1.65. The van der Waals surface area contributed by atoms with Gasteiger partial charge in [0.25, 0.3) is 5.91 Å². The number of para-hydroxylation sites is 1. The van der Waals surface area contributed by atoms with Crippen LogP contribution in [0.25, 0.3) is 10.9 Å². The molecule has 28 heavy (non-hydrogen) atoms. The van der Waals surface area contributed by atoms with Gasteiger partial charge in [-0.2, -0.15) is 0 Å². The van der Waals surface area contributed by atoms with Gasteiger partial charge in [0, 0.05) is 48.8 Å². The van der Waals surface area contributed by atoms with Crippen LogP contribution in [0.5, 0.6) is 0 Å². The van der Waals surface area contributed by atoms with Crippen LogP contribution >= 0.6 is 11.3 Å². The number of hydrogen-bond donors (Lipinski definition) is 1. The number of anilines is 1. The third-order valence-electron chi connectivity index (χ3n) is 4.86. The smallest absolute Gasteiger partial charge is 0.258 e. The lowest BCUT2D eigenvalue weighted by atomic mass is 9.99. The number of methoxy groups -OCH3 is 1. The molecule has 1 saturated heterocycles. The third-order valence-corrected chi connectivity index (χ3v) is 5.55. The zero-order valence-electron chi connectivity index (χ0n) is 15.4. The molecule has 2 amide bonds. The van der Waals surface area contributed by atoms with Crippen LogP contribution < -0.4 is 5.32 Å². The zero-order valence-corrected chi connectivity index (χ0v) is 16.2. The van der Waals surface area contributed by atoms with E-state index in [-0.39, 0.29) is 24.3 Å². The molecule has 1 aliphatic rings. The molecule has 1 unspecified atom stereocenters. The monoisotopic (exact) mass is 396 g/mol. The average molecular weight is 396 g/mol. The van der Waals surface area contributed by atoms with Crippen LogP contribution in [-0.2, 0) is 9.53 Å². The molecule has 0 aliphatic carbocycles. The number of rotatable bonds is 5. The Hall–Kier alpha value is -2.84. The highest BCUT2D eigenvalue weighted by atomic mass is 32.1. The van der Waals surface area contributed by atoms with Crippen molar-refractivity contribution in [2.75, 3.05) is 32.1 Å². The first-order valence-electron chi connectivity index (χ1n) is 9.03. The number of likely N-dealkylation sites (tertiary alicyclic amines) is 1. The molecule has 4 rings (SSSR count). The predicted molar refractivity (Wildman–Crippen MR) is 108 cm³/mol. The fourth-order valence-electron chi connectivity index (χ4n) is 3.49. The quantitative estimate of drug-likeness (QED) is 0.717. The molecule has 0 spiro atoms. The third kappa shape index (κ3) is 3.74. The number of amides is 2. The van der Waals surface area contributed by atoms with E-state index < -0.39 is 0 Å². The Kier molecular flexibility index (Phi) is 5.31. The number of fused-ring (bicyclic) bond motifs is 1. The van der Waals surface area contributed by atoms with E-state index in [4.69, 9.17) is 9.72 Å². The Morgan fingerprint density at radius 1 is 1.36 bits per heavy atom. The molecular weight excluding hydrogens is 376 g/mol. The number of benzene rings is 1. The van der Waals surface area contributed by atoms with Gasteiger partial charge in [-0.15, -0.1) is 11.3 Å². The summed E-state index contributed by atoms with van der Waals surface area (Å²) >= 11 is 1.37. The van der Waals surface area contributed by atoms with E-state index in [0.29, 0.717) is 23.8 Å². The Bertz CT molecular complexity index is 1010. The molecule has 2 aromatic heterocycles. The van der Waals surface area contributed by atoms with Crippen LogP contribution in [0.15, 0.2) is 41.9 Å². The molecule has 1 N–H and O–H groups in total. The van der Waals surface area contributed by atoms with Gasteiger partial charge in [0.15, 0.2) is 5.13 Å². The molecule has 1 fully saturated rings. The number of nitrogens with one attached hydrogen (secondary N) is 1. The number of carbonyl (C=O) groups is 2. The largest absolute Gasteiger partial charge is 0.375 e. The minimum absolute atomic E-state index is 0.0208. The lowest BCUT2D eigenvalue weighted by molar-refractivity contribution is -0.134. The van der Waals surface area contributed by atoms with E-state index >= 15 is 0 Å². The first-order chi connectivity index (χ1) is 13.7. The van der Waals surface area contributed by atoms with Gasteiger partial charge in [0.05, 0.1) is 11.1 Å². The van der Waals surface area contributed by atoms with Crippen molar-refractivity contribution in [3.63, 3.8) is 0 Å². The van der Waals surface area contributed by atoms with E-state index in [1.807, 2.05) is 35.7 Å². The molecule has 0 saturated carbocycles. The first-order valence-corrected chi connectivity index (χ1v) is 9.91. The van der Waals surface area contributed by atoms with Crippen molar-refractivity contribution in [1.29, 1.82) is 0 Å². The summed E-state index contributed by atoms with van der Waals surface area (Å²) in [4.78, 5) is 35.7. The van der Waals surface area contributed by atoms with Crippen molar-refractivity contribution < 1.29 is 14.3 Å². The summed E-state index contributed by atoms with van der Waals surface area (Å²) < 4.78 is 4.95. The Morgan fingerprint density at radius 2 is 2.21 bits per heavy atom. The summed E-state index contributed by atoms with van der Waals surface area (Å²) in [5.41, 5.74) is 2.17. The average Bonchev–Trinajstić information content (AvgIpc) is 3.39. The van der Waals surface area contributed by atoms with Gasteiger partial charge in [-0.3, -0.25) is 19.9 Å². The summed E-state index contributed by atoms with van der Waals surface area (Å²) in [7, 11) is 1.52.